The number of rotatable bonds is 7. The Balaban J connectivity index is 1.32. The zero-order valence-electron chi connectivity index (χ0n) is 19.4. The molecule has 9 nitrogen and oxygen atoms in total. The number of fused-ring (bicyclic) bond motifs is 1. The van der Waals surface area contributed by atoms with Crippen LogP contribution < -0.4 is 4.74 Å². The maximum Gasteiger partial charge on any atom is 0.318 e. The molecule has 0 saturated carbocycles. The lowest BCUT2D eigenvalue weighted by Crippen LogP contribution is -1.96. The molecular formula is C27H18N4O5S. The predicted molar refractivity (Wildman–Crippen MR) is 143 cm³/mol. The smallest absolute Gasteiger partial charge is 0.318 e. The molecule has 0 N–H and O–H groups in total. The molecule has 0 atom stereocenters. The Morgan fingerprint density at radius 2 is 1.73 bits per heavy atom. The van der Waals surface area contributed by atoms with Crippen LogP contribution in [0.3, 0.4) is 0 Å². The zero-order chi connectivity index (χ0) is 25.9. The second kappa shape index (κ2) is 9.96. The summed E-state index contributed by atoms with van der Waals surface area (Å²) in [4.78, 5) is 30.1. The highest BCUT2D eigenvalue weighted by Gasteiger charge is 2.21. The van der Waals surface area contributed by atoms with Gasteiger partial charge >= 0.3 is 5.69 Å². The molecule has 37 heavy (non-hydrogen) atoms. The van der Waals surface area contributed by atoms with Crippen molar-refractivity contribution in [3.63, 3.8) is 0 Å². The van der Waals surface area contributed by atoms with E-state index in [1.807, 2.05) is 37.3 Å². The highest BCUT2D eigenvalue weighted by molar-refractivity contribution is 7.21. The molecule has 0 spiro atoms. The van der Waals surface area contributed by atoms with Gasteiger partial charge in [-0.3, -0.25) is 25.2 Å². The zero-order valence-corrected chi connectivity index (χ0v) is 20.2. The second-order valence-corrected chi connectivity index (χ2v) is 9.17. The molecule has 1 heterocycles. The van der Waals surface area contributed by atoms with Crippen molar-refractivity contribution in [2.75, 3.05) is 0 Å². The van der Waals surface area contributed by atoms with E-state index in [2.05, 4.69) is 23.2 Å². The number of aromatic nitrogens is 1. The molecule has 0 unspecified atom stereocenters. The predicted octanol–water partition coefficient (Wildman–Crippen LogP) is 7.63. The molecule has 0 fully saturated rings. The van der Waals surface area contributed by atoms with Crippen molar-refractivity contribution in [1.29, 1.82) is 0 Å². The number of hydrogen-bond acceptors (Lipinski definition) is 8. The molecular weight excluding hydrogens is 492 g/mol. The number of nitro groups is 2. The number of benzene rings is 4. The fourth-order valence-electron chi connectivity index (χ4n) is 3.63. The van der Waals surface area contributed by atoms with Crippen LogP contribution in [0.4, 0.5) is 17.1 Å². The fourth-order valence-corrected chi connectivity index (χ4v) is 4.59. The van der Waals surface area contributed by atoms with Gasteiger partial charge in [0, 0.05) is 17.8 Å². The number of thiazole rings is 1. The van der Waals surface area contributed by atoms with Crippen LogP contribution >= 0.6 is 11.3 Å². The summed E-state index contributed by atoms with van der Waals surface area (Å²) >= 11 is 1.64. The highest BCUT2D eigenvalue weighted by Crippen LogP contribution is 2.35. The first kappa shape index (κ1) is 23.8. The molecule has 0 aliphatic rings. The van der Waals surface area contributed by atoms with Crippen LogP contribution in [0.1, 0.15) is 11.1 Å². The van der Waals surface area contributed by atoms with E-state index >= 15 is 0 Å². The average molecular weight is 511 g/mol. The van der Waals surface area contributed by atoms with E-state index in [0.29, 0.717) is 11.3 Å². The summed E-state index contributed by atoms with van der Waals surface area (Å²) in [6.07, 6.45) is 1.66. The number of hydrogen-bond donors (Lipinski definition) is 0. The van der Waals surface area contributed by atoms with Gasteiger partial charge in [0.2, 0.25) is 5.75 Å². The molecule has 0 saturated heterocycles. The minimum atomic E-state index is -0.716. The summed E-state index contributed by atoms with van der Waals surface area (Å²) in [6, 6.07) is 24.1. The maximum absolute atomic E-state index is 11.4. The second-order valence-electron chi connectivity index (χ2n) is 8.14. The first-order valence-corrected chi connectivity index (χ1v) is 11.9. The van der Waals surface area contributed by atoms with Crippen LogP contribution in [0.5, 0.6) is 11.5 Å². The maximum atomic E-state index is 11.4. The number of ether oxygens (including phenoxy) is 1. The topological polar surface area (TPSA) is 121 Å². The number of aliphatic imine (C=N–C) groups is 1. The molecule has 5 rings (SSSR count). The van der Waals surface area contributed by atoms with Crippen molar-refractivity contribution < 1.29 is 14.6 Å². The first-order valence-electron chi connectivity index (χ1n) is 11.1. The highest BCUT2D eigenvalue weighted by atomic mass is 32.1. The molecule has 0 aliphatic carbocycles. The Kier molecular flexibility index (Phi) is 6.40. The standard InChI is InChI=1S/C27H18N4O5S/c1-17-5-12-26-23(13-17)29-27(37-26)19-6-8-20(9-7-19)28-16-18-3-2-4-22(14-18)36-25-11-10-21(30(32)33)15-24(25)31(34)35/h2-16H,1H3. The lowest BCUT2D eigenvalue weighted by molar-refractivity contribution is -0.394. The van der Waals surface area contributed by atoms with E-state index in [1.165, 1.54) is 11.6 Å². The molecule has 0 radical (unpaired) electrons. The quantitative estimate of drug-likeness (QED) is 0.126. The van der Waals surface area contributed by atoms with Gasteiger partial charge in [-0.05, 0) is 72.6 Å². The molecule has 10 heteroatoms. The van der Waals surface area contributed by atoms with Crippen LogP contribution in [0, 0.1) is 27.2 Å². The van der Waals surface area contributed by atoms with Crippen LogP contribution in [0.15, 0.2) is 89.9 Å². The van der Waals surface area contributed by atoms with E-state index in [-0.39, 0.29) is 11.4 Å². The van der Waals surface area contributed by atoms with Crippen molar-refractivity contribution >= 4 is 44.8 Å². The monoisotopic (exact) mass is 510 g/mol. The molecule has 182 valence electrons. The SMILES string of the molecule is Cc1ccc2sc(-c3ccc(N=Cc4cccc(Oc5ccc([N+](=O)[O-])cc5[N+](=O)[O-])c4)cc3)nc2c1. The Morgan fingerprint density at radius 3 is 2.49 bits per heavy atom. The Labute approximate surface area is 214 Å². The minimum absolute atomic E-state index is 0.0923. The Hall–Kier alpha value is -4.96. The molecule has 0 aliphatic heterocycles. The van der Waals surface area contributed by atoms with Crippen LogP contribution in [0.2, 0.25) is 0 Å². The third kappa shape index (κ3) is 5.34. The molecule has 4 aromatic carbocycles. The van der Waals surface area contributed by atoms with Gasteiger partial charge in [-0.1, -0.05) is 18.2 Å². The summed E-state index contributed by atoms with van der Waals surface area (Å²) in [5, 5.41) is 23.3. The molecule has 1 aromatic heterocycles. The van der Waals surface area contributed by atoms with Gasteiger partial charge in [-0.25, -0.2) is 4.98 Å². The van der Waals surface area contributed by atoms with Crippen LogP contribution in [-0.4, -0.2) is 21.0 Å². The van der Waals surface area contributed by atoms with Crippen molar-refractivity contribution in [2.45, 2.75) is 6.92 Å². The largest absolute Gasteiger partial charge is 0.450 e. The molecule has 0 amide bonds. The van der Waals surface area contributed by atoms with Gasteiger partial charge in [0.25, 0.3) is 5.69 Å². The van der Waals surface area contributed by atoms with Gasteiger partial charge in [-0.2, -0.15) is 0 Å². The van der Waals surface area contributed by atoms with Crippen molar-refractivity contribution in [3.05, 3.63) is 116 Å². The summed E-state index contributed by atoms with van der Waals surface area (Å²) in [7, 11) is 0. The third-order valence-corrected chi connectivity index (χ3v) is 6.54. The van der Waals surface area contributed by atoms with Crippen molar-refractivity contribution in [1.82, 2.24) is 4.98 Å². The normalized spacial score (nSPS) is 11.2. The van der Waals surface area contributed by atoms with Crippen LogP contribution in [-0.2, 0) is 0 Å². The third-order valence-electron chi connectivity index (χ3n) is 5.46. The summed E-state index contributed by atoms with van der Waals surface area (Å²) < 4.78 is 6.81. The lowest BCUT2D eigenvalue weighted by atomic mass is 10.2. The van der Waals surface area contributed by atoms with Crippen molar-refractivity contribution in [3.8, 4) is 22.1 Å². The Bertz CT molecular complexity index is 1680. The van der Waals surface area contributed by atoms with Gasteiger partial charge in [-0.15, -0.1) is 11.3 Å². The van der Waals surface area contributed by atoms with Gasteiger partial charge in [0.05, 0.1) is 31.8 Å². The van der Waals surface area contributed by atoms with E-state index in [1.54, 1.807) is 35.8 Å². The Morgan fingerprint density at radius 1 is 0.919 bits per heavy atom. The number of nitro benzene ring substituents is 2. The summed E-state index contributed by atoms with van der Waals surface area (Å²) in [6.45, 7) is 2.05. The fraction of sp³-hybridized carbons (Fsp3) is 0.0370. The molecule has 0 bridgehead atoms. The number of nitrogens with zero attached hydrogens (tertiary/aromatic N) is 4. The first-order chi connectivity index (χ1) is 17.9. The summed E-state index contributed by atoms with van der Waals surface area (Å²) in [5.74, 6) is 0.243. The number of aryl methyl sites for hydroxylation is 1. The molecule has 5 aromatic rings. The number of non-ortho nitro benzene ring substituents is 1. The van der Waals surface area contributed by atoms with Gasteiger partial charge < -0.3 is 4.74 Å². The van der Waals surface area contributed by atoms with E-state index < -0.39 is 15.5 Å². The summed E-state index contributed by atoms with van der Waals surface area (Å²) in [5.41, 5.74) is 3.77. The average Bonchev–Trinajstić information content (AvgIpc) is 3.31. The van der Waals surface area contributed by atoms with Gasteiger partial charge in [0.1, 0.15) is 10.8 Å². The van der Waals surface area contributed by atoms with E-state index in [4.69, 9.17) is 9.72 Å². The minimum Gasteiger partial charge on any atom is -0.450 e. The van der Waals surface area contributed by atoms with Crippen LogP contribution in [0.25, 0.3) is 20.8 Å². The van der Waals surface area contributed by atoms with E-state index in [9.17, 15) is 20.2 Å². The van der Waals surface area contributed by atoms with E-state index in [0.717, 1.165) is 38.6 Å². The van der Waals surface area contributed by atoms with Gasteiger partial charge in [0.15, 0.2) is 0 Å². The lowest BCUT2D eigenvalue weighted by Gasteiger charge is -2.07. The van der Waals surface area contributed by atoms with Crippen molar-refractivity contribution in [2.24, 2.45) is 4.99 Å².